The molecule has 3 N–H and O–H groups in total. The average Bonchev–Trinajstić information content (AvgIpc) is 2.52. The van der Waals surface area contributed by atoms with E-state index >= 15 is 0 Å². The minimum absolute atomic E-state index is 0.0353. The lowest BCUT2D eigenvalue weighted by molar-refractivity contribution is -0.383. The Balaban J connectivity index is 2.17. The quantitative estimate of drug-likeness (QED) is 0.537. The van der Waals surface area contributed by atoms with E-state index in [9.17, 15) is 14.9 Å². The second-order valence-electron chi connectivity index (χ2n) is 3.75. The standard InChI is InChI=1S/C11H11N7O3/c1-12-9-8(18(20)21)10(15-6-14-9)16-17-11(19)7-3-2-4-13-5-7/h2-6H,1H3,(H,17,19)(H2,12,14,15,16). The van der Waals surface area contributed by atoms with E-state index in [1.54, 1.807) is 12.1 Å². The van der Waals surface area contributed by atoms with Crippen molar-refractivity contribution in [1.82, 2.24) is 20.4 Å². The van der Waals surface area contributed by atoms with Crippen LogP contribution in [0.1, 0.15) is 10.4 Å². The lowest BCUT2D eigenvalue weighted by atomic mass is 10.3. The lowest BCUT2D eigenvalue weighted by Gasteiger charge is -2.09. The molecule has 0 fully saturated rings. The van der Waals surface area contributed by atoms with Crippen molar-refractivity contribution < 1.29 is 9.72 Å². The van der Waals surface area contributed by atoms with Crippen LogP contribution in [0.4, 0.5) is 17.3 Å². The normalized spacial score (nSPS) is 9.76. The summed E-state index contributed by atoms with van der Waals surface area (Å²) < 4.78 is 0. The van der Waals surface area contributed by atoms with Gasteiger partial charge in [-0.05, 0) is 12.1 Å². The number of nitrogens with zero attached hydrogens (tertiary/aromatic N) is 4. The molecule has 10 nitrogen and oxygen atoms in total. The molecule has 2 rings (SSSR count). The zero-order valence-corrected chi connectivity index (χ0v) is 10.9. The Hall–Kier alpha value is -3.30. The van der Waals surface area contributed by atoms with E-state index in [2.05, 4.69) is 31.1 Å². The van der Waals surface area contributed by atoms with Gasteiger partial charge in [0.1, 0.15) is 6.33 Å². The second kappa shape index (κ2) is 6.23. The first kappa shape index (κ1) is 14.1. The van der Waals surface area contributed by atoms with Crippen LogP contribution in [-0.2, 0) is 0 Å². The van der Waals surface area contributed by atoms with Crippen molar-refractivity contribution in [3.63, 3.8) is 0 Å². The molecule has 21 heavy (non-hydrogen) atoms. The van der Waals surface area contributed by atoms with Gasteiger partial charge >= 0.3 is 5.69 Å². The molecule has 0 radical (unpaired) electrons. The maximum absolute atomic E-state index is 11.8. The number of nitro groups is 1. The van der Waals surface area contributed by atoms with Crippen molar-refractivity contribution >= 4 is 23.2 Å². The summed E-state index contributed by atoms with van der Waals surface area (Å²) in [5, 5.41) is 13.6. The molecular formula is C11H11N7O3. The van der Waals surface area contributed by atoms with Crippen LogP contribution in [0.3, 0.4) is 0 Å². The number of carbonyl (C=O) groups excluding carboxylic acids is 1. The van der Waals surface area contributed by atoms with Gasteiger partial charge in [-0.15, -0.1) is 0 Å². The third-order valence-corrected chi connectivity index (χ3v) is 2.46. The zero-order chi connectivity index (χ0) is 15.2. The fourth-order valence-corrected chi connectivity index (χ4v) is 1.51. The molecule has 0 saturated heterocycles. The molecule has 108 valence electrons. The monoisotopic (exact) mass is 289 g/mol. The van der Waals surface area contributed by atoms with E-state index < -0.39 is 10.8 Å². The van der Waals surface area contributed by atoms with Crippen molar-refractivity contribution in [1.29, 1.82) is 0 Å². The summed E-state index contributed by atoms with van der Waals surface area (Å²) >= 11 is 0. The Kier molecular flexibility index (Phi) is 4.19. The van der Waals surface area contributed by atoms with Crippen LogP contribution >= 0.6 is 0 Å². The number of aromatic nitrogens is 3. The van der Waals surface area contributed by atoms with E-state index in [0.717, 1.165) is 6.33 Å². The van der Waals surface area contributed by atoms with Crippen LogP contribution in [0.25, 0.3) is 0 Å². The van der Waals surface area contributed by atoms with Gasteiger partial charge in [-0.3, -0.25) is 30.7 Å². The Bertz CT molecular complexity index is 662. The number of amides is 1. The predicted octanol–water partition coefficient (Wildman–Crippen LogP) is 0.578. The summed E-state index contributed by atoms with van der Waals surface area (Å²) in [4.78, 5) is 33.5. The van der Waals surface area contributed by atoms with Crippen molar-refractivity contribution in [2.45, 2.75) is 0 Å². The van der Waals surface area contributed by atoms with Gasteiger partial charge in [0, 0.05) is 19.4 Å². The number of hydrazine groups is 1. The molecular weight excluding hydrogens is 278 g/mol. The first-order chi connectivity index (χ1) is 10.1. The van der Waals surface area contributed by atoms with Crippen LogP contribution in [0.2, 0.25) is 0 Å². The van der Waals surface area contributed by atoms with Gasteiger partial charge in [-0.25, -0.2) is 9.97 Å². The molecule has 0 unspecified atom stereocenters. The number of anilines is 2. The minimum Gasteiger partial charge on any atom is -0.367 e. The summed E-state index contributed by atoms with van der Waals surface area (Å²) in [6.07, 6.45) is 4.03. The molecule has 0 aliphatic carbocycles. The third-order valence-electron chi connectivity index (χ3n) is 2.46. The van der Waals surface area contributed by atoms with Crippen molar-refractivity contribution in [3.05, 3.63) is 46.5 Å². The minimum atomic E-state index is -0.648. The number of carbonyl (C=O) groups is 1. The van der Waals surface area contributed by atoms with Gasteiger partial charge in [-0.2, -0.15) is 0 Å². The van der Waals surface area contributed by atoms with Crippen LogP contribution in [-0.4, -0.2) is 32.8 Å². The van der Waals surface area contributed by atoms with E-state index in [0.29, 0.717) is 5.56 Å². The molecule has 0 aliphatic rings. The van der Waals surface area contributed by atoms with Gasteiger partial charge in [0.05, 0.1) is 10.5 Å². The molecule has 2 heterocycles. The van der Waals surface area contributed by atoms with Crippen molar-refractivity contribution in [2.75, 3.05) is 17.8 Å². The summed E-state index contributed by atoms with van der Waals surface area (Å²) in [5.74, 6) is -0.591. The highest BCUT2D eigenvalue weighted by molar-refractivity contribution is 5.94. The van der Waals surface area contributed by atoms with Gasteiger partial charge in [-0.1, -0.05) is 0 Å². The maximum Gasteiger partial charge on any atom is 0.354 e. The number of rotatable bonds is 5. The second-order valence-corrected chi connectivity index (χ2v) is 3.75. The van der Waals surface area contributed by atoms with Crippen LogP contribution in [0.5, 0.6) is 0 Å². The Morgan fingerprint density at radius 2 is 2.10 bits per heavy atom. The van der Waals surface area contributed by atoms with E-state index in [-0.39, 0.29) is 17.3 Å². The number of nitrogens with one attached hydrogen (secondary N) is 3. The highest BCUT2D eigenvalue weighted by Gasteiger charge is 2.22. The first-order valence-electron chi connectivity index (χ1n) is 5.77. The van der Waals surface area contributed by atoms with E-state index in [4.69, 9.17) is 0 Å². The molecule has 0 aromatic carbocycles. The zero-order valence-electron chi connectivity index (χ0n) is 10.9. The van der Waals surface area contributed by atoms with E-state index in [1.165, 1.54) is 19.4 Å². The molecule has 1 amide bonds. The number of hydrogen-bond donors (Lipinski definition) is 3. The molecule has 0 saturated carbocycles. The van der Waals surface area contributed by atoms with E-state index in [1.807, 2.05) is 0 Å². The fraction of sp³-hybridized carbons (Fsp3) is 0.0909. The molecule has 2 aromatic heterocycles. The van der Waals surface area contributed by atoms with Crippen molar-refractivity contribution in [2.24, 2.45) is 0 Å². The van der Waals surface area contributed by atoms with Gasteiger partial charge in [0.15, 0.2) is 0 Å². The SMILES string of the molecule is CNc1ncnc(NNC(=O)c2cccnc2)c1[N+](=O)[O-]. The summed E-state index contributed by atoms with van der Waals surface area (Å²) in [6.45, 7) is 0. The van der Waals surface area contributed by atoms with Crippen LogP contribution < -0.4 is 16.2 Å². The Morgan fingerprint density at radius 1 is 1.33 bits per heavy atom. The highest BCUT2D eigenvalue weighted by Crippen LogP contribution is 2.27. The molecule has 0 bridgehead atoms. The first-order valence-corrected chi connectivity index (χ1v) is 5.77. The fourth-order valence-electron chi connectivity index (χ4n) is 1.51. The summed E-state index contributed by atoms with van der Waals surface area (Å²) in [7, 11) is 1.49. The lowest BCUT2D eigenvalue weighted by Crippen LogP contribution is -2.30. The Labute approximate surface area is 118 Å². The summed E-state index contributed by atoms with van der Waals surface area (Å²) in [5.41, 5.74) is 4.65. The number of hydrogen-bond acceptors (Lipinski definition) is 8. The molecule has 10 heteroatoms. The van der Waals surface area contributed by atoms with Gasteiger partial charge < -0.3 is 5.32 Å². The highest BCUT2D eigenvalue weighted by atomic mass is 16.6. The smallest absolute Gasteiger partial charge is 0.354 e. The molecule has 0 spiro atoms. The largest absolute Gasteiger partial charge is 0.367 e. The van der Waals surface area contributed by atoms with Gasteiger partial charge in [0.25, 0.3) is 5.91 Å². The average molecular weight is 289 g/mol. The molecule has 0 atom stereocenters. The molecule has 0 aliphatic heterocycles. The molecule has 2 aromatic rings. The maximum atomic E-state index is 11.8. The van der Waals surface area contributed by atoms with Crippen LogP contribution in [0.15, 0.2) is 30.9 Å². The topological polar surface area (TPSA) is 135 Å². The third kappa shape index (κ3) is 3.18. The van der Waals surface area contributed by atoms with Crippen molar-refractivity contribution in [3.8, 4) is 0 Å². The Morgan fingerprint density at radius 3 is 2.71 bits per heavy atom. The number of pyridine rings is 1. The predicted molar refractivity (Wildman–Crippen MR) is 73.6 cm³/mol. The summed E-state index contributed by atoms with van der Waals surface area (Å²) in [6, 6.07) is 3.15. The van der Waals surface area contributed by atoms with Crippen LogP contribution in [0, 0.1) is 10.1 Å². The van der Waals surface area contributed by atoms with Gasteiger partial charge in [0.2, 0.25) is 11.6 Å².